The highest BCUT2D eigenvalue weighted by Crippen LogP contribution is 2.32. The fourth-order valence-corrected chi connectivity index (χ4v) is 7.55. The molecule has 0 radical (unpaired) electrons. The van der Waals surface area contributed by atoms with E-state index in [1.165, 1.54) is 0 Å². The molecule has 0 bridgehead atoms. The van der Waals surface area contributed by atoms with Gasteiger partial charge in [0.1, 0.15) is 12.4 Å². The number of fused-ring (bicyclic) bond motifs is 2. The number of sulfonamides is 1. The minimum absolute atomic E-state index is 0.00114. The lowest BCUT2D eigenvalue weighted by atomic mass is 10.1. The third-order valence-corrected chi connectivity index (χ3v) is 11.4. The van der Waals surface area contributed by atoms with Crippen LogP contribution in [-0.4, -0.2) is 55.5 Å². The average molecular weight is 782 g/mol. The molecule has 3 aliphatic carbocycles. The highest BCUT2D eigenvalue weighted by atomic mass is 32.2. The van der Waals surface area contributed by atoms with Crippen molar-refractivity contribution >= 4 is 45.0 Å². The van der Waals surface area contributed by atoms with Gasteiger partial charge in [-0.3, -0.25) is 20.2 Å². The van der Waals surface area contributed by atoms with Gasteiger partial charge in [-0.2, -0.15) is 9.97 Å². The summed E-state index contributed by atoms with van der Waals surface area (Å²) in [5.74, 6) is 1.53. The maximum Gasteiger partial charge on any atom is 0.249 e. The third-order valence-electron chi connectivity index (χ3n) is 9.82. The van der Waals surface area contributed by atoms with E-state index < -0.39 is 10.0 Å². The Balaban J connectivity index is 0.000000148. The molecule has 3 aliphatic rings. The molecule has 15 heteroatoms. The second-order valence-corrected chi connectivity index (χ2v) is 16.2. The Labute approximate surface area is 328 Å². The van der Waals surface area contributed by atoms with E-state index in [1.807, 2.05) is 91.0 Å². The van der Waals surface area contributed by atoms with Gasteiger partial charge in [-0.05, 0) is 92.6 Å². The van der Waals surface area contributed by atoms with Crippen molar-refractivity contribution < 1.29 is 22.7 Å². The van der Waals surface area contributed by atoms with Gasteiger partial charge < -0.3 is 4.74 Å². The summed E-state index contributed by atoms with van der Waals surface area (Å²) in [6.07, 6.45) is 5.50. The van der Waals surface area contributed by atoms with Crippen LogP contribution in [0.3, 0.4) is 0 Å². The maximum atomic E-state index is 12.3. The van der Waals surface area contributed by atoms with Crippen molar-refractivity contribution in [2.24, 2.45) is 11.8 Å². The van der Waals surface area contributed by atoms with Crippen LogP contribution in [0.1, 0.15) is 44.1 Å². The monoisotopic (exact) mass is 781 g/mol. The van der Waals surface area contributed by atoms with E-state index in [-0.39, 0.29) is 40.5 Å². The number of carbonyl (C=O) groups is 2. The quantitative estimate of drug-likeness (QED) is 0.125. The van der Waals surface area contributed by atoms with Crippen LogP contribution >= 0.6 is 0 Å². The van der Waals surface area contributed by atoms with Crippen molar-refractivity contribution in [3.63, 3.8) is 0 Å². The summed E-state index contributed by atoms with van der Waals surface area (Å²) in [6.45, 7) is 0.509. The molecule has 7 aromatic rings. The molecule has 0 unspecified atom stereocenters. The van der Waals surface area contributed by atoms with Crippen LogP contribution in [-0.2, 0) is 26.2 Å². The molecule has 57 heavy (non-hydrogen) atoms. The first-order valence-corrected chi connectivity index (χ1v) is 20.5. The van der Waals surface area contributed by atoms with E-state index in [4.69, 9.17) is 4.74 Å². The fraction of sp³-hybridized carbons (Fsp3) is 0.238. The van der Waals surface area contributed by atoms with Crippen molar-refractivity contribution in [3.8, 4) is 28.3 Å². The van der Waals surface area contributed by atoms with E-state index in [0.29, 0.717) is 23.8 Å². The highest BCUT2D eigenvalue weighted by Gasteiger charge is 2.31. The number of amides is 2. The Hall–Kier alpha value is -6.45. The van der Waals surface area contributed by atoms with E-state index in [1.54, 1.807) is 33.3 Å². The zero-order valence-corrected chi connectivity index (χ0v) is 31.6. The second-order valence-electron chi connectivity index (χ2n) is 14.5. The molecule has 3 fully saturated rings. The topological polar surface area (TPSA) is 174 Å². The molecule has 0 aliphatic heterocycles. The predicted octanol–water partition coefficient (Wildman–Crippen LogP) is 6.51. The molecular weight excluding hydrogens is 743 g/mol. The Morgan fingerprint density at radius 3 is 1.75 bits per heavy atom. The zero-order valence-electron chi connectivity index (χ0n) is 30.8. The molecule has 0 spiro atoms. The number of hydrogen-bond acceptors (Lipinski definition) is 9. The van der Waals surface area contributed by atoms with Crippen LogP contribution in [0.2, 0.25) is 0 Å². The second kappa shape index (κ2) is 15.2. The normalized spacial score (nSPS) is 15.2. The lowest BCUT2D eigenvalue weighted by molar-refractivity contribution is -0.118. The fourth-order valence-electron chi connectivity index (χ4n) is 6.25. The first-order valence-electron chi connectivity index (χ1n) is 19.0. The molecule has 4 aromatic heterocycles. The molecule has 0 saturated heterocycles. The van der Waals surface area contributed by atoms with Crippen LogP contribution in [0.5, 0.6) is 5.75 Å². The molecule has 3 saturated carbocycles. The van der Waals surface area contributed by atoms with Crippen LogP contribution < -0.4 is 20.1 Å². The number of benzene rings is 3. The van der Waals surface area contributed by atoms with Crippen LogP contribution in [0.25, 0.3) is 33.8 Å². The van der Waals surface area contributed by atoms with Gasteiger partial charge in [-0.1, -0.05) is 66.7 Å². The first kappa shape index (κ1) is 36.2. The third kappa shape index (κ3) is 8.54. The summed E-state index contributed by atoms with van der Waals surface area (Å²) < 4.78 is 36.7. The van der Waals surface area contributed by atoms with Gasteiger partial charge in [-0.15, -0.1) is 10.2 Å². The smallest absolute Gasteiger partial charge is 0.249 e. The highest BCUT2D eigenvalue weighted by molar-refractivity contribution is 7.89. The van der Waals surface area contributed by atoms with Gasteiger partial charge in [0.15, 0.2) is 11.3 Å². The van der Waals surface area contributed by atoms with Crippen molar-refractivity contribution in [3.05, 3.63) is 121 Å². The minimum Gasteiger partial charge on any atom is -0.489 e. The van der Waals surface area contributed by atoms with Crippen LogP contribution in [0.4, 0.5) is 11.9 Å². The van der Waals surface area contributed by atoms with E-state index in [9.17, 15) is 18.0 Å². The van der Waals surface area contributed by atoms with E-state index >= 15 is 0 Å². The van der Waals surface area contributed by atoms with Crippen molar-refractivity contribution in [2.75, 3.05) is 10.6 Å². The van der Waals surface area contributed by atoms with Gasteiger partial charge in [-0.25, -0.2) is 22.2 Å². The van der Waals surface area contributed by atoms with Crippen molar-refractivity contribution in [2.45, 2.75) is 56.1 Å². The van der Waals surface area contributed by atoms with Gasteiger partial charge in [0.25, 0.3) is 0 Å². The lowest BCUT2D eigenvalue weighted by Crippen LogP contribution is -2.25. The Bertz CT molecular complexity index is 2700. The number of nitrogens with zero attached hydrogens (tertiary/aromatic N) is 6. The van der Waals surface area contributed by atoms with Gasteiger partial charge in [0.2, 0.25) is 33.7 Å². The maximum absolute atomic E-state index is 12.3. The van der Waals surface area contributed by atoms with E-state index in [2.05, 4.69) is 35.5 Å². The molecule has 3 aromatic carbocycles. The zero-order chi connectivity index (χ0) is 38.9. The standard InChI is InChI=1S/C23H20N4O2.C19H19N5O3S/c28-22(17-12-13-17)25-23-24-21-11-5-10-20(27(21)26-23)18-8-4-9-19(14-18)29-15-16-6-2-1-3-7-16;25-18(13-4-5-13)21-19-20-17-3-1-2-16(24(17)22-19)12-6-10-15(11-7-12)28(26,27)23-14-8-9-14/h1-11,14,17H,12-13,15H2,(H,25,26,28);1-3,6-7,10-11,13-14,23H,4-5,8-9H2,(H,21,22,25). The van der Waals surface area contributed by atoms with Crippen molar-refractivity contribution in [1.29, 1.82) is 0 Å². The first-order chi connectivity index (χ1) is 27.8. The number of pyridine rings is 2. The number of carbonyl (C=O) groups excluding carboxylic acids is 2. The van der Waals surface area contributed by atoms with Crippen LogP contribution in [0.15, 0.2) is 120 Å². The lowest BCUT2D eigenvalue weighted by Gasteiger charge is -2.09. The van der Waals surface area contributed by atoms with Crippen LogP contribution in [0, 0.1) is 11.8 Å². The summed E-state index contributed by atoms with van der Waals surface area (Å²) in [7, 11) is -3.48. The minimum atomic E-state index is -3.48. The molecule has 288 valence electrons. The van der Waals surface area contributed by atoms with Gasteiger partial charge in [0.05, 0.1) is 16.3 Å². The molecule has 2 amide bonds. The predicted molar refractivity (Wildman–Crippen MR) is 214 cm³/mol. The Kier molecular flexibility index (Phi) is 9.68. The molecule has 0 atom stereocenters. The molecular formula is C42H39N9O5S. The number of anilines is 2. The number of ether oxygens (including phenoxy) is 1. The van der Waals surface area contributed by atoms with Gasteiger partial charge >= 0.3 is 0 Å². The molecule has 3 N–H and O–H groups in total. The number of nitrogens with one attached hydrogen (secondary N) is 3. The van der Waals surface area contributed by atoms with E-state index in [0.717, 1.165) is 72.4 Å². The number of hydrogen-bond donors (Lipinski definition) is 3. The Morgan fingerprint density at radius 1 is 0.632 bits per heavy atom. The summed E-state index contributed by atoms with van der Waals surface area (Å²) in [5.41, 5.74) is 5.82. The SMILES string of the molecule is O=C(Nc1nc2cccc(-c3ccc(S(=O)(=O)NC4CC4)cc3)n2n1)C1CC1.O=C(Nc1nc2cccc(-c3cccc(OCc4ccccc4)c3)n2n1)C1CC1. The largest absolute Gasteiger partial charge is 0.489 e. The van der Waals surface area contributed by atoms with Crippen molar-refractivity contribution in [1.82, 2.24) is 33.9 Å². The summed E-state index contributed by atoms with van der Waals surface area (Å²) in [6, 6.07) is 36.0. The summed E-state index contributed by atoms with van der Waals surface area (Å²) in [5, 5.41) is 14.5. The summed E-state index contributed by atoms with van der Waals surface area (Å²) >= 11 is 0. The number of rotatable bonds is 12. The summed E-state index contributed by atoms with van der Waals surface area (Å²) in [4.78, 5) is 33.0. The molecule has 4 heterocycles. The number of aromatic nitrogens is 6. The molecule has 14 nitrogen and oxygen atoms in total. The Morgan fingerprint density at radius 2 is 1.19 bits per heavy atom. The van der Waals surface area contributed by atoms with Gasteiger partial charge in [0, 0.05) is 29.0 Å². The molecule has 10 rings (SSSR count). The average Bonchev–Trinajstić information content (AvgIpc) is 4.13.